The maximum atomic E-state index is 13.8. The summed E-state index contributed by atoms with van der Waals surface area (Å²) in [6, 6.07) is 24.9. The van der Waals surface area contributed by atoms with Crippen LogP contribution in [-0.4, -0.2) is 8.42 Å². The van der Waals surface area contributed by atoms with Crippen LogP contribution in [0.2, 0.25) is 0 Å². The van der Waals surface area contributed by atoms with Crippen molar-refractivity contribution in [1.82, 2.24) is 0 Å². The van der Waals surface area contributed by atoms with Gasteiger partial charge in [0, 0.05) is 14.7 Å². The fourth-order valence-corrected chi connectivity index (χ4v) is 8.94. The summed E-state index contributed by atoms with van der Waals surface area (Å²) in [5, 5.41) is 0. The minimum absolute atomic E-state index is 0.0730. The molecular weight excluding hydrogens is 505 g/mol. The van der Waals surface area contributed by atoms with Crippen LogP contribution in [0.3, 0.4) is 0 Å². The van der Waals surface area contributed by atoms with E-state index < -0.39 is 32.2 Å². The Balaban J connectivity index is 2.06. The molecule has 36 heavy (non-hydrogen) atoms. The minimum atomic E-state index is -4.61. The van der Waals surface area contributed by atoms with Gasteiger partial charge in [-0.25, -0.2) is 3.63 Å². The van der Waals surface area contributed by atoms with Gasteiger partial charge in [-0.05, 0) is 85.7 Å². The maximum Gasteiger partial charge on any atom is 0.416 e. The highest BCUT2D eigenvalue weighted by Gasteiger charge is 2.40. The molecule has 4 aromatic rings. The van der Waals surface area contributed by atoms with E-state index in [2.05, 4.69) is 0 Å². The Bertz CT molecular complexity index is 1420. The molecule has 3 nitrogen and oxygen atoms in total. The standard InChI is InChI=1S/C28H25F3O3S2/c1-20-7-13-24(14-8-20)35(25-15-9-21(2)10-16-25,27-6-4-5-23(19-27)28(29,30)31)34-36(32,33)26-17-11-22(3)12-18-26/h4-19H,1-3H3. The first-order chi connectivity index (χ1) is 16.9. The van der Waals surface area contributed by atoms with Crippen LogP contribution in [-0.2, 0) is 19.9 Å². The monoisotopic (exact) mass is 530 g/mol. The lowest BCUT2D eigenvalue weighted by molar-refractivity contribution is -0.137. The van der Waals surface area contributed by atoms with Crippen molar-refractivity contribution < 1.29 is 25.2 Å². The van der Waals surface area contributed by atoms with E-state index in [0.29, 0.717) is 9.79 Å². The number of rotatable bonds is 6. The Morgan fingerprint density at radius 2 is 1.00 bits per heavy atom. The van der Waals surface area contributed by atoms with Crippen LogP contribution in [0, 0.1) is 20.8 Å². The van der Waals surface area contributed by atoms with Crippen LogP contribution in [0.25, 0.3) is 0 Å². The van der Waals surface area contributed by atoms with Crippen LogP contribution in [0.15, 0.2) is 117 Å². The SMILES string of the molecule is Cc1ccc(S(OS(=O)(=O)c2ccc(C)cc2)(c2ccc(C)cc2)c2cccc(C(F)(F)F)c2)cc1. The van der Waals surface area contributed by atoms with Crippen molar-refractivity contribution in [3.05, 3.63) is 119 Å². The molecule has 188 valence electrons. The predicted octanol–water partition coefficient (Wildman–Crippen LogP) is 8.23. The van der Waals surface area contributed by atoms with Gasteiger partial charge < -0.3 is 0 Å². The van der Waals surface area contributed by atoms with E-state index >= 15 is 0 Å². The molecule has 0 amide bonds. The molecule has 0 atom stereocenters. The number of hydrogen-bond donors (Lipinski definition) is 0. The van der Waals surface area contributed by atoms with Crippen LogP contribution >= 0.6 is 10.3 Å². The summed E-state index contributed by atoms with van der Waals surface area (Å²) in [7, 11) is -7.54. The van der Waals surface area contributed by atoms with E-state index in [1.807, 2.05) is 20.8 Å². The summed E-state index contributed by atoms with van der Waals surface area (Å²) < 4.78 is 74.8. The summed E-state index contributed by atoms with van der Waals surface area (Å²) in [5.41, 5.74) is 1.82. The molecule has 0 N–H and O–H groups in total. The van der Waals surface area contributed by atoms with Crippen molar-refractivity contribution in [2.75, 3.05) is 0 Å². The van der Waals surface area contributed by atoms with E-state index in [9.17, 15) is 21.6 Å². The zero-order chi connectivity index (χ0) is 26.1. The van der Waals surface area contributed by atoms with Crippen LogP contribution in [0.5, 0.6) is 0 Å². The largest absolute Gasteiger partial charge is 0.416 e. The smallest absolute Gasteiger partial charge is 0.203 e. The highest BCUT2D eigenvalue weighted by atomic mass is 32.3. The Kier molecular flexibility index (Phi) is 7.05. The van der Waals surface area contributed by atoms with Gasteiger partial charge in [0.05, 0.1) is 10.5 Å². The summed E-state index contributed by atoms with van der Waals surface area (Å²) in [5.74, 6) is 0. The Morgan fingerprint density at radius 3 is 1.42 bits per heavy atom. The van der Waals surface area contributed by atoms with Gasteiger partial charge in [0.1, 0.15) is 0 Å². The fourth-order valence-electron chi connectivity index (χ4n) is 3.72. The number of benzene rings is 4. The van der Waals surface area contributed by atoms with E-state index in [1.54, 1.807) is 60.7 Å². The third kappa shape index (κ3) is 5.21. The molecule has 0 saturated heterocycles. The van der Waals surface area contributed by atoms with Crippen molar-refractivity contribution >= 4 is 20.4 Å². The van der Waals surface area contributed by atoms with Gasteiger partial charge in [-0.2, -0.15) is 21.6 Å². The Labute approximate surface area is 211 Å². The summed E-state index contributed by atoms with van der Waals surface area (Å²) >= 11 is 0. The van der Waals surface area contributed by atoms with Crippen molar-refractivity contribution in [2.24, 2.45) is 0 Å². The molecule has 8 heteroatoms. The van der Waals surface area contributed by atoms with Crippen LogP contribution < -0.4 is 0 Å². The quantitative estimate of drug-likeness (QED) is 0.252. The van der Waals surface area contributed by atoms with E-state index in [0.717, 1.165) is 28.8 Å². The molecule has 0 radical (unpaired) electrons. The van der Waals surface area contributed by atoms with Crippen molar-refractivity contribution in [2.45, 2.75) is 46.5 Å². The number of aryl methyl sites for hydroxylation is 3. The first-order valence-electron chi connectivity index (χ1n) is 11.1. The van der Waals surface area contributed by atoms with Crippen LogP contribution in [0.4, 0.5) is 13.2 Å². The number of alkyl halides is 3. The molecule has 0 fully saturated rings. The number of halogens is 3. The fraction of sp³-hybridized carbons (Fsp3) is 0.143. The lowest BCUT2D eigenvalue weighted by Crippen LogP contribution is -2.15. The van der Waals surface area contributed by atoms with E-state index in [4.69, 9.17) is 3.63 Å². The third-order valence-corrected chi connectivity index (χ3v) is 10.9. The molecule has 0 spiro atoms. The minimum Gasteiger partial charge on any atom is -0.203 e. The Hall–Kier alpha value is -3.07. The number of hydrogen-bond acceptors (Lipinski definition) is 3. The highest BCUT2D eigenvalue weighted by molar-refractivity contribution is 8.33. The van der Waals surface area contributed by atoms with Gasteiger partial charge in [-0.15, -0.1) is 0 Å². The zero-order valence-corrected chi connectivity index (χ0v) is 21.5. The average molecular weight is 531 g/mol. The van der Waals surface area contributed by atoms with Crippen molar-refractivity contribution in [3.8, 4) is 0 Å². The van der Waals surface area contributed by atoms with Crippen LogP contribution in [0.1, 0.15) is 22.3 Å². The third-order valence-electron chi connectivity index (χ3n) is 5.70. The molecule has 4 aromatic carbocycles. The molecular formula is C28H25F3O3S2. The maximum absolute atomic E-state index is 13.8. The van der Waals surface area contributed by atoms with E-state index in [-0.39, 0.29) is 9.79 Å². The first kappa shape index (κ1) is 26.0. The van der Waals surface area contributed by atoms with Gasteiger partial charge in [-0.3, -0.25) is 0 Å². The zero-order valence-electron chi connectivity index (χ0n) is 19.9. The molecule has 0 heterocycles. The van der Waals surface area contributed by atoms with Gasteiger partial charge in [0.2, 0.25) is 0 Å². The second-order valence-electron chi connectivity index (χ2n) is 8.54. The Morgan fingerprint density at radius 1 is 0.583 bits per heavy atom. The van der Waals surface area contributed by atoms with Gasteiger partial charge >= 0.3 is 16.3 Å². The molecule has 0 aliphatic rings. The van der Waals surface area contributed by atoms with Gasteiger partial charge in [0.15, 0.2) is 0 Å². The summed E-state index contributed by atoms with van der Waals surface area (Å²) in [6.45, 7) is 5.58. The topological polar surface area (TPSA) is 43.4 Å². The normalized spacial score (nSPS) is 12.9. The molecule has 0 saturated carbocycles. The molecule has 0 bridgehead atoms. The van der Waals surface area contributed by atoms with Gasteiger partial charge in [-0.1, -0.05) is 59.2 Å². The molecule has 0 aliphatic heterocycles. The van der Waals surface area contributed by atoms with Crippen molar-refractivity contribution in [1.29, 1.82) is 0 Å². The van der Waals surface area contributed by atoms with Crippen molar-refractivity contribution in [3.63, 3.8) is 0 Å². The molecule has 0 unspecified atom stereocenters. The summed E-state index contributed by atoms with van der Waals surface area (Å²) in [4.78, 5) is 0.982. The lowest BCUT2D eigenvalue weighted by atomic mass is 10.2. The second-order valence-corrected chi connectivity index (χ2v) is 13.0. The molecule has 0 aromatic heterocycles. The highest BCUT2D eigenvalue weighted by Crippen LogP contribution is 2.70. The lowest BCUT2D eigenvalue weighted by Gasteiger charge is -2.39. The average Bonchev–Trinajstić information content (AvgIpc) is 2.83. The first-order valence-corrected chi connectivity index (χ1v) is 14.1. The molecule has 4 rings (SSSR count). The van der Waals surface area contributed by atoms with E-state index in [1.165, 1.54) is 24.3 Å². The second kappa shape index (κ2) is 9.76. The van der Waals surface area contributed by atoms with Gasteiger partial charge in [0.25, 0.3) is 0 Å². The predicted molar refractivity (Wildman–Crippen MR) is 136 cm³/mol. The molecule has 0 aliphatic carbocycles. The summed E-state index contributed by atoms with van der Waals surface area (Å²) in [6.07, 6.45) is -4.61.